The second-order valence-corrected chi connectivity index (χ2v) is 6.29. The van der Waals surface area contributed by atoms with Gasteiger partial charge in [-0.3, -0.25) is 0 Å². The first-order valence-corrected chi connectivity index (χ1v) is 7.86. The molecule has 0 saturated carbocycles. The largest absolute Gasteiger partial charge is 0.222 e. The first kappa shape index (κ1) is 13.5. The Morgan fingerprint density at radius 2 is 2.00 bits per heavy atom. The molecule has 0 unspecified atom stereocenters. The number of nitrogens with zero attached hydrogens (tertiary/aromatic N) is 2. The van der Waals surface area contributed by atoms with Gasteiger partial charge in [0.25, 0.3) is 0 Å². The lowest BCUT2D eigenvalue weighted by atomic mass is 10.1. The van der Waals surface area contributed by atoms with Gasteiger partial charge in [0.1, 0.15) is 15.8 Å². The van der Waals surface area contributed by atoms with Crippen LogP contribution in [-0.4, -0.2) is 9.97 Å². The van der Waals surface area contributed by atoms with E-state index in [1.807, 2.05) is 12.1 Å². The van der Waals surface area contributed by atoms with Crippen molar-refractivity contribution in [3.63, 3.8) is 0 Å². The Labute approximate surface area is 127 Å². The van der Waals surface area contributed by atoms with Crippen LogP contribution >= 0.6 is 22.9 Å². The molecule has 0 aliphatic heterocycles. The average Bonchev–Trinajstić information content (AvgIpc) is 2.85. The van der Waals surface area contributed by atoms with E-state index in [1.165, 1.54) is 16.0 Å². The number of thiophene rings is 1. The lowest BCUT2D eigenvalue weighted by Gasteiger charge is -2.05. The highest BCUT2D eigenvalue weighted by Gasteiger charge is 2.10. The Morgan fingerprint density at radius 1 is 1.20 bits per heavy atom. The summed E-state index contributed by atoms with van der Waals surface area (Å²) in [6, 6.07) is 10.4. The third kappa shape index (κ3) is 2.56. The van der Waals surface area contributed by atoms with Crippen molar-refractivity contribution in [3.05, 3.63) is 57.3 Å². The van der Waals surface area contributed by atoms with Gasteiger partial charge in [0.05, 0.1) is 0 Å². The molecule has 4 heteroatoms. The summed E-state index contributed by atoms with van der Waals surface area (Å²) in [7, 11) is 0. The van der Waals surface area contributed by atoms with Gasteiger partial charge in [-0.2, -0.15) is 0 Å². The predicted octanol–water partition coefficient (Wildman–Crippen LogP) is 4.81. The monoisotopic (exact) mass is 302 g/mol. The standard InChI is InChI=1S/C16H15ClN2S/c1-3-12-9-13-15(17)18-14(19-16(13)20-12)8-11-7-5-4-6-10(11)2/h4-7,9H,3,8H2,1-2H3. The van der Waals surface area contributed by atoms with Gasteiger partial charge in [-0.05, 0) is 30.5 Å². The molecule has 0 N–H and O–H groups in total. The number of fused-ring (bicyclic) bond motifs is 1. The fraction of sp³-hybridized carbons (Fsp3) is 0.250. The molecule has 102 valence electrons. The zero-order chi connectivity index (χ0) is 14.1. The molecule has 0 radical (unpaired) electrons. The van der Waals surface area contributed by atoms with Crippen LogP contribution in [0.3, 0.4) is 0 Å². The molecule has 20 heavy (non-hydrogen) atoms. The van der Waals surface area contributed by atoms with Gasteiger partial charge in [0, 0.05) is 16.7 Å². The number of benzene rings is 1. The minimum Gasteiger partial charge on any atom is -0.222 e. The molecular weight excluding hydrogens is 288 g/mol. The van der Waals surface area contributed by atoms with Crippen molar-refractivity contribution in [2.24, 2.45) is 0 Å². The molecule has 0 saturated heterocycles. The Balaban J connectivity index is 2.02. The number of hydrogen-bond acceptors (Lipinski definition) is 3. The fourth-order valence-corrected chi connectivity index (χ4v) is 3.49. The number of halogens is 1. The number of aromatic nitrogens is 2. The summed E-state index contributed by atoms with van der Waals surface area (Å²) >= 11 is 8.00. The summed E-state index contributed by atoms with van der Waals surface area (Å²) < 4.78 is 0. The maximum Gasteiger partial charge on any atom is 0.141 e. The lowest BCUT2D eigenvalue weighted by molar-refractivity contribution is 0.988. The van der Waals surface area contributed by atoms with Crippen LogP contribution in [0, 0.1) is 6.92 Å². The van der Waals surface area contributed by atoms with Crippen LogP contribution in [0.1, 0.15) is 28.8 Å². The van der Waals surface area contributed by atoms with E-state index in [-0.39, 0.29) is 0 Å². The molecule has 1 aromatic carbocycles. The first-order chi connectivity index (χ1) is 9.67. The third-order valence-electron chi connectivity index (χ3n) is 3.40. The Kier molecular flexibility index (Phi) is 3.72. The number of aryl methyl sites for hydroxylation is 2. The number of rotatable bonds is 3. The van der Waals surface area contributed by atoms with E-state index in [1.54, 1.807) is 11.3 Å². The molecule has 3 rings (SSSR count). The van der Waals surface area contributed by atoms with Gasteiger partial charge in [0.15, 0.2) is 0 Å². The molecule has 0 spiro atoms. The van der Waals surface area contributed by atoms with Crippen LogP contribution in [0.4, 0.5) is 0 Å². The molecule has 0 bridgehead atoms. The highest BCUT2D eigenvalue weighted by Crippen LogP contribution is 2.29. The fourth-order valence-electron chi connectivity index (χ4n) is 2.21. The molecule has 2 nitrogen and oxygen atoms in total. The number of hydrogen-bond donors (Lipinski definition) is 0. The summed E-state index contributed by atoms with van der Waals surface area (Å²) in [6.07, 6.45) is 1.73. The summed E-state index contributed by atoms with van der Waals surface area (Å²) in [5.41, 5.74) is 2.50. The van der Waals surface area contributed by atoms with Gasteiger partial charge in [0.2, 0.25) is 0 Å². The summed E-state index contributed by atoms with van der Waals surface area (Å²) in [5, 5.41) is 1.54. The molecule has 0 fully saturated rings. The van der Waals surface area contributed by atoms with Crippen molar-refractivity contribution in [2.45, 2.75) is 26.7 Å². The SMILES string of the molecule is CCc1cc2c(Cl)nc(Cc3ccccc3C)nc2s1. The minimum absolute atomic E-state index is 0.564. The Bertz CT molecular complexity index is 764. The lowest BCUT2D eigenvalue weighted by Crippen LogP contribution is -1.98. The van der Waals surface area contributed by atoms with Crippen molar-refractivity contribution in [1.82, 2.24) is 9.97 Å². The first-order valence-electron chi connectivity index (χ1n) is 6.66. The van der Waals surface area contributed by atoms with Crippen LogP contribution in [0.15, 0.2) is 30.3 Å². The molecule has 3 aromatic rings. The normalized spacial score (nSPS) is 11.2. The molecule has 0 atom stereocenters. The second-order valence-electron chi connectivity index (χ2n) is 4.82. The van der Waals surface area contributed by atoms with Gasteiger partial charge in [-0.25, -0.2) is 9.97 Å². The Morgan fingerprint density at radius 3 is 2.75 bits per heavy atom. The molecule has 0 aliphatic carbocycles. The molecular formula is C16H15ClN2S. The molecule has 0 aliphatic rings. The predicted molar refractivity (Wildman–Crippen MR) is 85.8 cm³/mol. The van der Waals surface area contributed by atoms with Crippen molar-refractivity contribution >= 4 is 33.2 Å². The van der Waals surface area contributed by atoms with Crippen molar-refractivity contribution in [3.8, 4) is 0 Å². The minimum atomic E-state index is 0.564. The van der Waals surface area contributed by atoms with Crippen LogP contribution < -0.4 is 0 Å². The summed E-state index contributed by atoms with van der Waals surface area (Å²) in [6.45, 7) is 4.25. The van der Waals surface area contributed by atoms with E-state index >= 15 is 0 Å². The summed E-state index contributed by atoms with van der Waals surface area (Å²) in [4.78, 5) is 11.4. The van der Waals surface area contributed by atoms with Crippen molar-refractivity contribution in [2.75, 3.05) is 0 Å². The van der Waals surface area contributed by atoms with E-state index in [4.69, 9.17) is 11.6 Å². The van der Waals surface area contributed by atoms with E-state index in [0.29, 0.717) is 5.15 Å². The van der Waals surface area contributed by atoms with Gasteiger partial charge in [-0.15, -0.1) is 11.3 Å². The van der Waals surface area contributed by atoms with Crippen LogP contribution in [-0.2, 0) is 12.8 Å². The average molecular weight is 303 g/mol. The van der Waals surface area contributed by atoms with Crippen LogP contribution in [0.25, 0.3) is 10.2 Å². The van der Waals surface area contributed by atoms with Crippen molar-refractivity contribution < 1.29 is 0 Å². The maximum atomic E-state index is 6.29. The zero-order valence-corrected chi connectivity index (χ0v) is 13.1. The molecule has 0 amide bonds. The van der Waals surface area contributed by atoms with Gasteiger partial charge in [-0.1, -0.05) is 42.8 Å². The van der Waals surface area contributed by atoms with E-state index in [2.05, 4.69) is 42.0 Å². The quantitative estimate of drug-likeness (QED) is 0.649. The van der Waals surface area contributed by atoms with E-state index in [9.17, 15) is 0 Å². The summed E-state index contributed by atoms with van der Waals surface area (Å²) in [5.74, 6) is 0.793. The topological polar surface area (TPSA) is 25.8 Å². The van der Waals surface area contributed by atoms with Crippen molar-refractivity contribution in [1.29, 1.82) is 0 Å². The highest BCUT2D eigenvalue weighted by molar-refractivity contribution is 7.18. The van der Waals surface area contributed by atoms with Crippen LogP contribution in [0.2, 0.25) is 5.15 Å². The second kappa shape index (κ2) is 5.51. The van der Waals surface area contributed by atoms with E-state index in [0.717, 1.165) is 28.9 Å². The van der Waals surface area contributed by atoms with Gasteiger partial charge < -0.3 is 0 Å². The van der Waals surface area contributed by atoms with Gasteiger partial charge >= 0.3 is 0 Å². The zero-order valence-electron chi connectivity index (χ0n) is 11.5. The third-order valence-corrected chi connectivity index (χ3v) is 4.86. The van der Waals surface area contributed by atoms with Crippen LogP contribution in [0.5, 0.6) is 0 Å². The van der Waals surface area contributed by atoms with E-state index < -0.39 is 0 Å². The Hall–Kier alpha value is -1.45. The maximum absolute atomic E-state index is 6.29. The smallest absolute Gasteiger partial charge is 0.141 e. The molecule has 2 heterocycles. The molecule has 2 aromatic heterocycles. The highest BCUT2D eigenvalue weighted by atomic mass is 35.5.